The van der Waals surface area contributed by atoms with Gasteiger partial charge in [-0.15, -0.1) is 0 Å². The van der Waals surface area contributed by atoms with Crippen LogP contribution in [-0.4, -0.2) is 43.0 Å². The predicted molar refractivity (Wildman–Crippen MR) is 82.5 cm³/mol. The van der Waals surface area contributed by atoms with Crippen LogP contribution >= 0.6 is 0 Å². The number of carbonyl (C=O) groups excluding carboxylic acids is 2. The summed E-state index contributed by atoms with van der Waals surface area (Å²) in [5.41, 5.74) is 0.959. The molecule has 5 heteroatoms. The predicted octanol–water partition coefficient (Wildman–Crippen LogP) is 1.36. The van der Waals surface area contributed by atoms with Crippen LogP contribution in [0.3, 0.4) is 0 Å². The van der Waals surface area contributed by atoms with Crippen LogP contribution in [0.2, 0.25) is 0 Å². The SMILES string of the molecule is COc1cccc(CC(=O)N2CC3CCCC(=O)NC3C2)c1. The highest BCUT2D eigenvalue weighted by Crippen LogP contribution is 2.26. The van der Waals surface area contributed by atoms with E-state index in [9.17, 15) is 9.59 Å². The molecule has 0 spiro atoms. The molecule has 2 atom stereocenters. The van der Waals surface area contributed by atoms with Gasteiger partial charge in [0, 0.05) is 19.5 Å². The van der Waals surface area contributed by atoms with Gasteiger partial charge in [-0.3, -0.25) is 9.59 Å². The third-order valence-corrected chi connectivity index (χ3v) is 4.61. The maximum atomic E-state index is 12.5. The first-order valence-corrected chi connectivity index (χ1v) is 7.86. The van der Waals surface area contributed by atoms with E-state index in [0.29, 0.717) is 25.3 Å². The molecular formula is C17H22N2O3. The monoisotopic (exact) mass is 302 g/mol. The van der Waals surface area contributed by atoms with Crippen molar-refractivity contribution in [3.63, 3.8) is 0 Å². The van der Waals surface area contributed by atoms with Gasteiger partial charge in [0.1, 0.15) is 5.75 Å². The van der Waals surface area contributed by atoms with Crippen LogP contribution in [0.15, 0.2) is 24.3 Å². The molecule has 0 bridgehead atoms. The molecule has 2 saturated heterocycles. The Balaban J connectivity index is 1.62. The van der Waals surface area contributed by atoms with Crippen LogP contribution in [0, 0.1) is 5.92 Å². The Bertz CT molecular complexity index is 573. The zero-order chi connectivity index (χ0) is 15.5. The van der Waals surface area contributed by atoms with E-state index in [2.05, 4.69) is 5.32 Å². The second-order valence-electron chi connectivity index (χ2n) is 6.15. The van der Waals surface area contributed by atoms with Gasteiger partial charge in [0.05, 0.1) is 19.6 Å². The highest BCUT2D eigenvalue weighted by Gasteiger charge is 2.37. The van der Waals surface area contributed by atoms with Crippen LogP contribution in [0.4, 0.5) is 0 Å². The van der Waals surface area contributed by atoms with Gasteiger partial charge in [0.25, 0.3) is 0 Å². The van der Waals surface area contributed by atoms with Crippen LogP contribution in [-0.2, 0) is 16.0 Å². The van der Waals surface area contributed by atoms with Crippen molar-refractivity contribution >= 4 is 11.8 Å². The lowest BCUT2D eigenvalue weighted by Gasteiger charge is -2.17. The number of methoxy groups -OCH3 is 1. The number of benzene rings is 1. The average Bonchev–Trinajstić information content (AvgIpc) is 2.82. The molecule has 0 aromatic heterocycles. The molecule has 2 unspecified atom stereocenters. The van der Waals surface area contributed by atoms with Crippen molar-refractivity contribution < 1.29 is 14.3 Å². The molecule has 5 nitrogen and oxygen atoms in total. The van der Waals surface area contributed by atoms with Crippen molar-refractivity contribution in [2.45, 2.75) is 31.7 Å². The third-order valence-electron chi connectivity index (χ3n) is 4.61. The number of hydrogen-bond donors (Lipinski definition) is 1. The van der Waals surface area contributed by atoms with Crippen LogP contribution < -0.4 is 10.1 Å². The van der Waals surface area contributed by atoms with Gasteiger partial charge in [-0.05, 0) is 36.5 Å². The molecule has 118 valence electrons. The minimum absolute atomic E-state index is 0.120. The summed E-state index contributed by atoms with van der Waals surface area (Å²) in [5.74, 6) is 1.41. The largest absolute Gasteiger partial charge is 0.497 e. The summed E-state index contributed by atoms with van der Waals surface area (Å²) in [4.78, 5) is 26.0. The lowest BCUT2D eigenvalue weighted by atomic mass is 9.99. The summed E-state index contributed by atoms with van der Waals surface area (Å²) >= 11 is 0. The van der Waals surface area contributed by atoms with Gasteiger partial charge in [-0.25, -0.2) is 0 Å². The van der Waals surface area contributed by atoms with Crippen LogP contribution in [0.5, 0.6) is 5.75 Å². The summed E-state index contributed by atoms with van der Waals surface area (Å²) in [6, 6.07) is 7.74. The zero-order valence-electron chi connectivity index (χ0n) is 12.9. The number of carbonyl (C=O) groups is 2. The standard InChI is InChI=1S/C17H22N2O3/c1-22-14-6-2-4-12(8-14)9-17(21)19-10-13-5-3-7-16(20)18-15(13)11-19/h2,4,6,8,13,15H,3,5,7,9-11H2,1H3,(H,18,20). The van der Waals surface area contributed by atoms with Crippen molar-refractivity contribution in [1.82, 2.24) is 10.2 Å². The number of likely N-dealkylation sites (tertiary alicyclic amines) is 1. The Labute approximate surface area is 130 Å². The highest BCUT2D eigenvalue weighted by atomic mass is 16.5. The maximum absolute atomic E-state index is 12.5. The van der Waals surface area contributed by atoms with E-state index < -0.39 is 0 Å². The van der Waals surface area contributed by atoms with Crippen LogP contribution in [0.25, 0.3) is 0 Å². The number of nitrogens with zero attached hydrogens (tertiary/aromatic N) is 1. The van der Waals surface area contributed by atoms with E-state index in [1.165, 1.54) is 0 Å². The third kappa shape index (κ3) is 3.24. The summed E-state index contributed by atoms with van der Waals surface area (Å²) in [6.07, 6.45) is 2.94. The molecule has 3 rings (SSSR count). The number of ether oxygens (including phenoxy) is 1. The first-order chi connectivity index (χ1) is 10.7. The first kappa shape index (κ1) is 14.9. The van der Waals surface area contributed by atoms with Crippen molar-refractivity contribution in [3.8, 4) is 5.75 Å². The van der Waals surface area contributed by atoms with E-state index in [4.69, 9.17) is 4.74 Å². The van der Waals surface area contributed by atoms with Gasteiger partial charge in [-0.1, -0.05) is 12.1 Å². The Morgan fingerprint density at radius 1 is 1.41 bits per heavy atom. The average molecular weight is 302 g/mol. The fraction of sp³-hybridized carbons (Fsp3) is 0.529. The van der Waals surface area contributed by atoms with Gasteiger partial charge in [0.15, 0.2) is 0 Å². The fourth-order valence-electron chi connectivity index (χ4n) is 3.40. The van der Waals surface area contributed by atoms with E-state index in [0.717, 1.165) is 30.7 Å². The molecule has 2 fully saturated rings. The van der Waals surface area contributed by atoms with E-state index in [1.54, 1.807) is 7.11 Å². The summed E-state index contributed by atoms with van der Waals surface area (Å²) in [6.45, 7) is 1.40. The molecule has 2 heterocycles. The lowest BCUT2D eigenvalue weighted by Crippen LogP contribution is -2.39. The summed E-state index contributed by atoms with van der Waals surface area (Å²) < 4.78 is 5.19. The molecule has 2 aliphatic rings. The number of hydrogen-bond acceptors (Lipinski definition) is 3. The fourth-order valence-corrected chi connectivity index (χ4v) is 3.40. The Morgan fingerprint density at radius 2 is 2.27 bits per heavy atom. The van der Waals surface area contributed by atoms with Gasteiger partial charge < -0.3 is 15.0 Å². The topological polar surface area (TPSA) is 58.6 Å². The van der Waals surface area contributed by atoms with E-state index >= 15 is 0 Å². The maximum Gasteiger partial charge on any atom is 0.227 e. The quantitative estimate of drug-likeness (QED) is 0.917. The molecule has 1 N–H and O–H groups in total. The smallest absolute Gasteiger partial charge is 0.227 e. The second-order valence-corrected chi connectivity index (χ2v) is 6.15. The normalized spacial score (nSPS) is 24.4. The molecule has 0 saturated carbocycles. The van der Waals surface area contributed by atoms with Crippen molar-refractivity contribution in [2.24, 2.45) is 5.92 Å². The zero-order valence-corrected chi connectivity index (χ0v) is 12.9. The lowest BCUT2D eigenvalue weighted by molar-refractivity contribution is -0.130. The molecule has 0 radical (unpaired) electrons. The molecule has 2 aliphatic heterocycles. The number of amides is 2. The number of nitrogens with one attached hydrogen (secondary N) is 1. The Morgan fingerprint density at radius 3 is 3.09 bits per heavy atom. The highest BCUT2D eigenvalue weighted by molar-refractivity contribution is 5.80. The van der Waals surface area contributed by atoms with E-state index in [1.807, 2.05) is 29.2 Å². The molecule has 22 heavy (non-hydrogen) atoms. The van der Waals surface area contributed by atoms with Gasteiger partial charge in [0.2, 0.25) is 11.8 Å². The first-order valence-electron chi connectivity index (χ1n) is 7.86. The number of rotatable bonds is 3. The van der Waals surface area contributed by atoms with Crippen LogP contribution in [0.1, 0.15) is 24.8 Å². The number of fused-ring (bicyclic) bond motifs is 1. The molecule has 0 aliphatic carbocycles. The molecule has 1 aromatic carbocycles. The van der Waals surface area contributed by atoms with E-state index in [-0.39, 0.29) is 17.9 Å². The van der Waals surface area contributed by atoms with Crippen molar-refractivity contribution in [2.75, 3.05) is 20.2 Å². The Kier molecular flexibility index (Phi) is 4.32. The van der Waals surface area contributed by atoms with Crippen molar-refractivity contribution in [3.05, 3.63) is 29.8 Å². The minimum Gasteiger partial charge on any atom is -0.497 e. The van der Waals surface area contributed by atoms with Crippen molar-refractivity contribution in [1.29, 1.82) is 0 Å². The molecule has 2 amide bonds. The van der Waals surface area contributed by atoms with Gasteiger partial charge >= 0.3 is 0 Å². The van der Waals surface area contributed by atoms with Gasteiger partial charge in [-0.2, -0.15) is 0 Å². The Hall–Kier alpha value is -2.04. The molecule has 1 aromatic rings. The second kappa shape index (κ2) is 6.38. The summed E-state index contributed by atoms with van der Waals surface area (Å²) in [5, 5.41) is 3.05. The summed E-state index contributed by atoms with van der Waals surface area (Å²) in [7, 11) is 1.62. The minimum atomic E-state index is 0.120. The molecular weight excluding hydrogens is 280 g/mol.